The van der Waals surface area contributed by atoms with E-state index in [4.69, 9.17) is 0 Å². The van der Waals surface area contributed by atoms with Crippen molar-refractivity contribution in [1.82, 2.24) is 10.6 Å². The molecule has 0 aromatic rings. The SMILES string of the molecule is Cl.O=C(NC1CCC(O)CC1)C1CCCCN1. The number of halogens is 1. The summed E-state index contributed by atoms with van der Waals surface area (Å²) >= 11 is 0. The van der Waals surface area contributed by atoms with Gasteiger partial charge in [-0.2, -0.15) is 0 Å². The summed E-state index contributed by atoms with van der Waals surface area (Å²) in [6.45, 7) is 0.960. The highest BCUT2D eigenvalue weighted by Gasteiger charge is 2.25. The number of rotatable bonds is 2. The minimum atomic E-state index is -0.152. The Hall–Kier alpha value is -0.320. The minimum absolute atomic E-state index is 0. The van der Waals surface area contributed by atoms with Crippen LogP contribution in [0.3, 0.4) is 0 Å². The van der Waals surface area contributed by atoms with Crippen molar-refractivity contribution in [1.29, 1.82) is 0 Å². The van der Waals surface area contributed by atoms with Crippen LogP contribution in [-0.4, -0.2) is 35.7 Å². The van der Waals surface area contributed by atoms with Crippen LogP contribution in [0.2, 0.25) is 0 Å². The lowest BCUT2D eigenvalue weighted by molar-refractivity contribution is -0.124. The van der Waals surface area contributed by atoms with Crippen LogP contribution in [0.5, 0.6) is 0 Å². The van der Waals surface area contributed by atoms with Crippen molar-refractivity contribution in [2.75, 3.05) is 6.54 Å². The van der Waals surface area contributed by atoms with Gasteiger partial charge >= 0.3 is 0 Å². The normalized spacial score (nSPS) is 33.6. The zero-order valence-corrected chi connectivity index (χ0v) is 11.0. The summed E-state index contributed by atoms with van der Waals surface area (Å²) in [6, 6.07) is 0.292. The molecule has 0 aromatic carbocycles. The van der Waals surface area contributed by atoms with E-state index in [1.165, 1.54) is 6.42 Å². The molecule has 1 atom stereocenters. The number of carbonyl (C=O) groups is 1. The lowest BCUT2D eigenvalue weighted by Crippen LogP contribution is -2.50. The third-order valence-corrected chi connectivity index (χ3v) is 3.67. The molecule has 0 spiro atoms. The monoisotopic (exact) mass is 262 g/mol. The molecule has 1 saturated heterocycles. The molecule has 2 fully saturated rings. The number of aliphatic hydroxyl groups excluding tert-OH is 1. The lowest BCUT2D eigenvalue weighted by Gasteiger charge is -2.29. The summed E-state index contributed by atoms with van der Waals surface area (Å²) in [5.41, 5.74) is 0. The van der Waals surface area contributed by atoms with E-state index in [9.17, 15) is 9.90 Å². The maximum absolute atomic E-state index is 11.9. The first-order chi connectivity index (χ1) is 7.75. The van der Waals surface area contributed by atoms with Gasteiger partial charge in [-0.25, -0.2) is 0 Å². The van der Waals surface area contributed by atoms with E-state index in [1.807, 2.05) is 0 Å². The van der Waals surface area contributed by atoms with Crippen molar-refractivity contribution in [2.45, 2.75) is 63.1 Å². The van der Waals surface area contributed by atoms with Crippen molar-refractivity contribution in [3.63, 3.8) is 0 Å². The number of piperidine rings is 1. The van der Waals surface area contributed by atoms with Crippen LogP contribution in [0.1, 0.15) is 44.9 Å². The van der Waals surface area contributed by atoms with Gasteiger partial charge in [-0.1, -0.05) is 6.42 Å². The second-order valence-electron chi connectivity index (χ2n) is 5.02. The van der Waals surface area contributed by atoms with Crippen LogP contribution in [0.4, 0.5) is 0 Å². The van der Waals surface area contributed by atoms with Gasteiger partial charge in [-0.15, -0.1) is 12.4 Å². The second kappa shape index (κ2) is 7.19. The Morgan fingerprint density at radius 3 is 2.41 bits per heavy atom. The molecule has 17 heavy (non-hydrogen) atoms. The van der Waals surface area contributed by atoms with E-state index in [0.717, 1.165) is 45.1 Å². The van der Waals surface area contributed by atoms with Gasteiger partial charge in [0.2, 0.25) is 5.91 Å². The molecule has 0 aromatic heterocycles. The molecule has 3 N–H and O–H groups in total. The van der Waals surface area contributed by atoms with Crippen LogP contribution in [0, 0.1) is 0 Å². The summed E-state index contributed by atoms with van der Waals surface area (Å²) in [7, 11) is 0. The van der Waals surface area contributed by atoms with E-state index >= 15 is 0 Å². The van der Waals surface area contributed by atoms with Gasteiger partial charge in [0.25, 0.3) is 0 Å². The summed E-state index contributed by atoms with van der Waals surface area (Å²) in [4.78, 5) is 11.9. The number of nitrogens with one attached hydrogen (secondary N) is 2. The molecule has 1 heterocycles. The smallest absolute Gasteiger partial charge is 0.237 e. The largest absolute Gasteiger partial charge is 0.393 e. The molecule has 2 rings (SSSR count). The Morgan fingerprint density at radius 2 is 1.82 bits per heavy atom. The van der Waals surface area contributed by atoms with Gasteiger partial charge in [-0.05, 0) is 45.1 Å². The average molecular weight is 263 g/mol. The standard InChI is InChI=1S/C12H22N2O2.ClH/c15-10-6-4-9(5-7-10)14-12(16)11-3-1-2-8-13-11;/h9-11,13,15H,1-8H2,(H,14,16);1H. The molecular weight excluding hydrogens is 240 g/mol. The van der Waals surface area contributed by atoms with Gasteiger partial charge in [-0.3, -0.25) is 4.79 Å². The molecular formula is C12H23ClN2O2. The van der Waals surface area contributed by atoms with E-state index in [0.29, 0.717) is 0 Å². The van der Waals surface area contributed by atoms with Crippen molar-refractivity contribution in [3.8, 4) is 0 Å². The Balaban J connectivity index is 0.00000144. The van der Waals surface area contributed by atoms with Crippen LogP contribution in [0.15, 0.2) is 0 Å². The van der Waals surface area contributed by atoms with Gasteiger partial charge in [0.05, 0.1) is 12.1 Å². The van der Waals surface area contributed by atoms with Gasteiger partial charge < -0.3 is 15.7 Å². The molecule has 1 aliphatic heterocycles. The molecule has 5 heteroatoms. The van der Waals surface area contributed by atoms with Gasteiger partial charge in [0.15, 0.2) is 0 Å². The van der Waals surface area contributed by atoms with Gasteiger partial charge in [0.1, 0.15) is 0 Å². The van der Waals surface area contributed by atoms with Crippen LogP contribution in [-0.2, 0) is 4.79 Å². The van der Waals surface area contributed by atoms with E-state index in [-0.39, 0.29) is 36.5 Å². The Morgan fingerprint density at radius 1 is 1.12 bits per heavy atom. The van der Waals surface area contributed by atoms with Crippen molar-refractivity contribution in [2.24, 2.45) is 0 Å². The zero-order chi connectivity index (χ0) is 11.4. The summed E-state index contributed by atoms with van der Waals surface area (Å²) in [6.07, 6.45) is 6.61. The first kappa shape index (κ1) is 14.7. The molecule has 0 radical (unpaired) electrons. The summed E-state index contributed by atoms with van der Waals surface area (Å²) < 4.78 is 0. The van der Waals surface area contributed by atoms with Gasteiger partial charge in [0, 0.05) is 6.04 Å². The molecule has 100 valence electrons. The number of aliphatic hydroxyl groups is 1. The number of hydrogen-bond acceptors (Lipinski definition) is 3. The molecule has 1 aliphatic carbocycles. The van der Waals surface area contributed by atoms with Crippen LogP contribution in [0.25, 0.3) is 0 Å². The molecule has 0 bridgehead atoms. The third kappa shape index (κ3) is 4.45. The van der Waals surface area contributed by atoms with Crippen LogP contribution < -0.4 is 10.6 Å². The summed E-state index contributed by atoms with van der Waals surface area (Å²) in [5.74, 6) is 0.154. The van der Waals surface area contributed by atoms with E-state index in [2.05, 4.69) is 10.6 Å². The Kier molecular flexibility index (Phi) is 6.23. The summed E-state index contributed by atoms with van der Waals surface area (Å²) in [5, 5.41) is 15.7. The van der Waals surface area contributed by atoms with Crippen LogP contribution >= 0.6 is 12.4 Å². The molecule has 1 unspecified atom stereocenters. The molecule has 2 aliphatic rings. The Bertz CT molecular complexity index is 237. The molecule has 1 saturated carbocycles. The number of amides is 1. The first-order valence-corrected chi connectivity index (χ1v) is 6.47. The topological polar surface area (TPSA) is 61.4 Å². The van der Waals surface area contributed by atoms with Crippen molar-refractivity contribution >= 4 is 18.3 Å². The van der Waals surface area contributed by atoms with Crippen molar-refractivity contribution in [3.05, 3.63) is 0 Å². The highest BCUT2D eigenvalue weighted by molar-refractivity contribution is 5.85. The van der Waals surface area contributed by atoms with Crippen molar-refractivity contribution < 1.29 is 9.90 Å². The second-order valence-corrected chi connectivity index (χ2v) is 5.02. The molecule has 1 amide bonds. The first-order valence-electron chi connectivity index (χ1n) is 6.47. The zero-order valence-electron chi connectivity index (χ0n) is 10.2. The quantitative estimate of drug-likeness (QED) is 0.695. The fourth-order valence-electron chi connectivity index (χ4n) is 2.60. The number of carbonyl (C=O) groups excluding carboxylic acids is 1. The highest BCUT2D eigenvalue weighted by atomic mass is 35.5. The highest BCUT2D eigenvalue weighted by Crippen LogP contribution is 2.18. The predicted octanol–water partition coefficient (Wildman–Crippen LogP) is 0.970. The predicted molar refractivity (Wildman–Crippen MR) is 69.3 cm³/mol. The lowest BCUT2D eigenvalue weighted by atomic mass is 9.92. The fraction of sp³-hybridized carbons (Fsp3) is 0.917. The maximum Gasteiger partial charge on any atom is 0.237 e. The average Bonchev–Trinajstić information content (AvgIpc) is 2.33. The van der Waals surface area contributed by atoms with E-state index < -0.39 is 0 Å². The number of hydrogen-bond donors (Lipinski definition) is 3. The minimum Gasteiger partial charge on any atom is -0.393 e. The third-order valence-electron chi connectivity index (χ3n) is 3.67. The maximum atomic E-state index is 11.9. The Labute approximate surface area is 109 Å². The van der Waals surface area contributed by atoms with E-state index in [1.54, 1.807) is 0 Å². The fourth-order valence-corrected chi connectivity index (χ4v) is 2.60. The molecule has 4 nitrogen and oxygen atoms in total.